The number of hydrogen-bond acceptors (Lipinski definition) is 2. The quantitative estimate of drug-likeness (QED) is 0.0631. The van der Waals surface area contributed by atoms with Gasteiger partial charge in [-0.2, -0.15) is 0 Å². The van der Waals surface area contributed by atoms with E-state index in [9.17, 15) is 0 Å². The molecule has 1 aliphatic heterocycles. The van der Waals surface area contributed by atoms with Gasteiger partial charge >= 0.3 is 0 Å². The molecule has 2 nitrogen and oxygen atoms in total. The molecule has 248 valence electrons. The first kappa shape index (κ1) is 38.1. The second-order valence-electron chi connectivity index (χ2n) is 13.5. The first-order valence-electron chi connectivity index (χ1n) is 19.3. The topological polar surface area (TPSA) is 18.5 Å². The third-order valence-electron chi connectivity index (χ3n) is 9.39. The molecule has 1 aliphatic carbocycles. The number of allylic oxidation sites excluding steroid dienone is 8. The smallest absolute Gasteiger partial charge is 0.169 e. The zero-order valence-corrected chi connectivity index (χ0v) is 28.9. The molecule has 1 saturated carbocycles. The van der Waals surface area contributed by atoms with E-state index in [1.165, 1.54) is 154 Å². The normalized spacial score (nSPS) is 22.4. The molecule has 0 N–H and O–H groups in total. The van der Waals surface area contributed by atoms with E-state index in [1.54, 1.807) is 0 Å². The predicted molar refractivity (Wildman–Crippen MR) is 190 cm³/mol. The van der Waals surface area contributed by atoms with E-state index in [2.05, 4.69) is 62.5 Å². The van der Waals surface area contributed by atoms with E-state index >= 15 is 0 Å². The van der Waals surface area contributed by atoms with Crippen molar-refractivity contribution in [3.05, 3.63) is 48.6 Å². The summed E-state index contributed by atoms with van der Waals surface area (Å²) in [6.07, 6.45) is 55.3. The van der Waals surface area contributed by atoms with Crippen LogP contribution in [0.15, 0.2) is 48.6 Å². The molecule has 1 saturated heterocycles. The summed E-state index contributed by atoms with van der Waals surface area (Å²) in [5.74, 6) is -0.263. The summed E-state index contributed by atoms with van der Waals surface area (Å²) in [5, 5.41) is 0. The molecule has 0 aromatic carbocycles. The van der Waals surface area contributed by atoms with Gasteiger partial charge in [-0.05, 0) is 89.9 Å². The molecule has 0 aromatic rings. The van der Waals surface area contributed by atoms with Crippen LogP contribution in [0.4, 0.5) is 0 Å². The standard InChI is InChI=1S/C41H72O2/c1-3-5-7-9-11-13-15-17-19-21-23-25-27-29-31-33-38-41(42-39-35-34-36-40(39)43-41)37-32-30-28-26-24-22-20-18-16-14-12-10-8-6-4-2/h10-13,16-19,39-40H,3-9,14-15,20-38H2,1-2H3/b12-10+,13-11-,18-16-,19-17-. The van der Waals surface area contributed by atoms with Gasteiger partial charge in [0, 0.05) is 12.8 Å². The average molecular weight is 597 g/mol. The van der Waals surface area contributed by atoms with Gasteiger partial charge in [0.1, 0.15) is 0 Å². The van der Waals surface area contributed by atoms with Crippen LogP contribution in [0.3, 0.4) is 0 Å². The van der Waals surface area contributed by atoms with Crippen molar-refractivity contribution in [2.24, 2.45) is 0 Å². The fraction of sp³-hybridized carbons (Fsp3) is 0.805. The predicted octanol–water partition coefficient (Wildman–Crippen LogP) is 13.7. The summed E-state index contributed by atoms with van der Waals surface area (Å²) < 4.78 is 13.3. The Bertz CT molecular complexity index is 720. The van der Waals surface area contributed by atoms with Crippen LogP contribution in [0, 0.1) is 0 Å². The Kier molecular flexibility index (Phi) is 24.1. The van der Waals surface area contributed by atoms with Crippen LogP contribution in [0.25, 0.3) is 0 Å². The third-order valence-corrected chi connectivity index (χ3v) is 9.39. The molecule has 1 heterocycles. The number of rotatable bonds is 29. The lowest BCUT2D eigenvalue weighted by molar-refractivity contribution is -0.190. The number of ether oxygens (including phenoxy) is 2. The van der Waals surface area contributed by atoms with Crippen molar-refractivity contribution in [1.29, 1.82) is 0 Å². The van der Waals surface area contributed by atoms with Crippen LogP contribution in [0.5, 0.6) is 0 Å². The first-order chi connectivity index (χ1) is 21.3. The molecule has 0 bridgehead atoms. The van der Waals surface area contributed by atoms with Crippen molar-refractivity contribution in [3.63, 3.8) is 0 Å². The Hall–Kier alpha value is -1.12. The Balaban J connectivity index is 1.47. The van der Waals surface area contributed by atoms with Crippen molar-refractivity contribution in [2.45, 2.75) is 212 Å². The lowest BCUT2D eigenvalue weighted by Gasteiger charge is -2.29. The Morgan fingerprint density at radius 2 is 0.814 bits per heavy atom. The van der Waals surface area contributed by atoms with E-state index < -0.39 is 0 Å². The highest BCUT2D eigenvalue weighted by Gasteiger charge is 2.48. The zero-order valence-electron chi connectivity index (χ0n) is 28.9. The van der Waals surface area contributed by atoms with Crippen LogP contribution in [0.2, 0.25) is 0 Å². The van der Waals surface area contributed by atoms with Crippen molar-refractivity contribution in [2.75, 3.05) is 0 Å². The van der Waals surface area contributed by atoms with E-state index in [0.717, 1.165) is 25.7 Å². The fourth-order valence-corrected chi connectivity index (χ4v) is 6.68. The Labute approximate surface area is 269 Å². The van der Waals surface area contributed by atoms with Gasteiger partial charge in [0.05, 0.1) is 12.2 Å². The maximum atomic E-state index is 6.67. The highest BCUT2D eigenvalue weighted by atomic mass is 16.8. The van der Waals surface area contributed by atoms with Gasteiger partial charge in [0.2, 0.25) is 0 Å². The molecule has 0 radical (unpaired) electrons. The summed E-state index contributed by atoms with van der Waals surface area (Å²) in [6.45, 7) is 4.53. The average Bonchev–Trinajstić information content (AvgIpc) is 3.59. The number of unbranched alkanes of at least 4 members (excludes halogenated alkanes) is 17. The Morgan fingerprint density at radius 3 is 1.26 bits per heavy atom. The minimum atomic E-state index is -0.263. The molecule has 43 heavy (non-hydrogen) atoms. The minimum Gasteiger partial charge on any atom is -0.344 e. The van der Waals surface area contributed by atoms with Crippen molar-refractivity contribution in [3.8, 4) is 0 Å². The summed E-state index contributed by atoms with van der Waals surface area (Å²) in [4.78, 5) is 0. The molecule has 2 heteroatoms. The van der Waals surface area contributed by atoms with Crippen LogP contribution >= 0.6 is 0 Å². The maximum Gasteiger partial charge on any atom is 0.169 e. The van der Waals surface area contributed by atoms with Crippen molar-refractivity contribution >= 4 is 0 Å². The molecule has 0 spiro atoms. The molecule has 2 fully saturated rings. The minimum absolute atomic E-state index is 0.263. The molecule has 2 atom stereocenters. The third kappa shape index (κ3) is 19.8. The van der Waals surface area contributed by atoms with E-state index in [-0.39, 0.29) is 5.79 Å². The highest BCUT2D eigenvalue weighted by Crippen LogP contribution is 2.43. The molecule has 0 amide bonds. The monoisotopic (exact) mass is 597 g/mol. The van der Waals surface area contributed by atoms with Gasteiger partial charge in [-0.1, -0.05) is 140 Å². The summed E-state index contributed by atoms with van der Waals surface area (Å²) in [6, 6.07) is 0. The van der Waals surface area contributed by atoms with E-state index in [0.29, 0.717) is 12.2 Å². The molecule has 2 rings (SSSR count). The van der Waals surface area contributed by atoms with Gasteiger partial charge in [-0.15, -0.1) is 0 Å². The SMILES string of the molecule is CCCC/C=C/C/C=C\CCCCCCCCC1(CCCCCCCC/C=C\C/C=C\CCCCC)OC2CCCC2O1. The summed E-state index contributed by atoms with van der Waals surface area (Å²) in [5.41, 5.74) is 0. The zero-order chi connectivity index (χ0) is 30.5. The lowest BCUT2D eigenvalue weighted by Crippen LogP contribution is -2.31. The van der Waals surface area contributed by atoms with Gasteiger partial charge < -0.3 is 9.47 Å². The maximum absolute atomic E-state index is 6.67. The van der Waals surface area contributed by atoms with Crippen LogP contribution in [0.1, 0.15) is 194 Å². The lowest BCUT2D eigenvalue weighted by atomic mass is 9.98. The second-order valence-corrected chi connectivity index (χ2v) is 13.5. The van der Waals surface area contributed by atoms with Gasteiger partial charge in [-0.25, -0.2) is 0 Å². The van der Waals surface area contributed by atoms with Gasteiger partial charge in [-0.3, -0.25) is 0 Å². The van der Waals surface area contributed by atoms with Crippen LogP contribution in [-0.4, -0.2) is 18.0 Å². The van der Waals surface area contributed by atoms with Crippen LogP contribution in [-0.2, 0) is 9.47 Å². The fourth-order valence-electron chi connectivity index (χ4n) is 6.68. The van der Waals surface area contributed by atoms with Crippen LogP contribution < -0.4 is 0 Å². The molecule has 0 aromatic heterocycles. The van der Waals surface area contributed by atoms with Crippen molar-refractivity contribution < 1.29 is 9.47 Å². The first-order valence-corrected chi connectivity index (χ1v) is 19.3. The molecular weight excluding hydrogens is 524 g/mol. The highest BCUT2D eigenvalue weighted by molar-refractivity contribution is 4.94. The Morgan fingerprint density at radius 1 is 0.442 bits per heavy atom. The molecule has 2 aliphatic rings. The van der Waals surface area contributed by atoms with Crippen molar-refractivity contribution in [1.82, 2.24) is 0 Å². The molecule has 2 unspecified atom stereocenters. The van der Waals surface area contributed by atoms with E-state index in [1.807, 2.05) is 0 Å². The number of fused-ring (bicyclic) bond motifs is 1. The van der Waals surface area contributed by atoms with Gasteiger partial charge in [0.15, 0.2) is 5.79 Å². The summed E-state index contributed by atoms with van der Waals surface area (Å²) >= 11 is 0. The van der Waals surface area contributed by atoms with E-state index in [4.69, 9.17) is 9.47 Å². The largest absolute Gasteiger partial charge is 0.344 e. The molecular formula is C41H72O2. The summed E-state index contributed by atoms with van der Waals surface area (Å²) in [7, 11) is 0. The van der Waals surface area contributed by atoms with Gasteiger partial charge in [0.25, 0.3) is 0 Å². The second kappa shape index (κ2) is 27.2. The number of hydrogen-bond donors (Lipinski definition) is 0.